The maximum absolute atomic E-state index is 13.0. The van der Waals surface area contributed by atoms with E-state index >= 15 is 0 Å². The number of nitrogens with one attached hydrogen (secondary N) is 2. The molecule has 164 valence electrons. The summed E-state index contributed by atoms with van der Waals surface area (Å²) in [5.74, 6) is 0.235. The number of nitrogens with zero attached hydrogens (tertiary/aromatic N) is 1. The van der Waals surface area contributed by atoms with Gasteiger partial charge in [-0.05, 0) is 78.4 Å². The average Bonchev–Trinajstić information content (AvgIpc) is 2.84. The molecular weight excluding hydrogens is 421 g/mol. The number of anilines is 1. The van der Waals surface area contributed by atoms with Crippen LogP contribution in [0.15, 0.2) is 97.3 Å². The Kier molecular flexibility index (Phi) is 6.70. The van der Waals surface area contributed by atoms with Gasteiger partial charge in [-0.1, -0.05) is 12.1 Å². The molecule has 0 aliphatic rings. The van der Waals surface area contributed by atoms with E-state index in [9.17, 15) is 14.0 Å². The minimum atomic E-state index is -0.403. The molecule has 0 fully saturated rings. The average molecular weight is 441 g/mol. The first-order valence-corrected chi connectivity index (χ1v) is 10.2. The number of hydrogen-bond acceptors (Lipinski definition) is 4. The molecule has 4 aromatic rings. The molecule has 1 heterocycles. The van der Waals surface area contributed by atoms with Crippen LogP contribution in [0.25, 0.3) is 0 Å². The number of pyridine rings is 1. The van der Waals surface area contributed by atoms with Gasteiger partial charge < -0.3 is 15.4 Å². The van der Waals surface area contributed by atoms with Crippen molar-refractivity contribution in [3.8, 4) is 11.5 Å². The van der Waals surface area contributed by atoms with Gasteiger partial charge in [-0.25, -0.2) is 4.39 Å². The summed E-state index contributed by atoms with van der Waals surface area (Å²) in [7, 11) is 0. The van der Waals surface area contributed by atoms with Crippen LogP contribution >= 0.6 is 0 Å². The summed E-state index contributed by atoms with van der Waals surface area (Å²) >= 11 is 0. The van der Waals surface area contributed by atoms with Crippen molar-refractivity contribution in [2.24, 2.45) is 0 Å². The SMILES string of the molecule is O=C(NCc1cccc(NC(=O)c2ccc(F)cc2)c1)c1ccc(Oc2cccnc2)cc1. The van der Waals surface area contributed by atoms with E-state index < -0.39 is 5.82 Å². The first-order valence-electron chi connectivity index (χ1n) is 10.2. The zero-order valence-corrected chi connectivity index (χ0v) is 17.5. The number of carbonyl (C=O) groups excluding carboxylic acids is 2. The molecule has 0 atom stereocenters. The van der Waals surface area contributed by atoms with Crippen molar-refractivity contribution < 1.29 is 18.7 Å². The first-order chi connectivity index (χ1) is 16.1. The molecule has 0 aliphatic heterocycles. The third kappa shape index (κ3) is 6.01. The Morgan fingerprint density at radius 3 is 2.27 bits per heavy atom. The van der Waals surface area contributed by atoms with Gasteiger partial charge in [0, 0.05) is 29.6 Å². The predicted octanol–water partition coefficient (Wildman–Crippen LogP) is 5.20. The van der Waals surface area contributed by atoms with Crippen molar-refractivity contribution in [2.75, 3.05) is 5.32 Å². The Balaban J connectivity index is 1.32. The molecule has 0 radical (unpaired) electrons. The van der Waals surface area contributed by atoms with E-state index in [1.165, 1.54) is 24.3 Å². The zero-order valence-electron chi connectivity index (χ0n) is 17.5. The number of halogens is 1. The van der Waals surface area contributed by atoms with Gasteiger partial charge in [0.05, 0.1) is 6.20 Å². The van der Waals surface area contributed by atoms with Gasteiger partial charge in [0.2, 0.25) is 0 Å². The smallest absolute Gasteiger partial charge is 0.255 e. The molecule has 0 spiro atoms. The molecule has 3 aromatic carbocycles. The van der Waals surface area contributed by atoms with Crippen molar-refractivity contribution in [1.82, 2.24) is 10.3 Å². The third-order valence-corrected chi connectivity index (χ3v) is 4.73. The first kappa shape index (κ1) is 21.7. The number of rotatable bonds is 7. The fourth-order valence-electron chi connectivity index (χ4n) is 3.07. The lowest BCUT2D eigenvalue weighted by Gasteiger charge is -2.10. The van der Waals surface area contributed by atoms with Crippen molar-refractivity contribution >= 4 is 17.5 Å². The van der Waals surface area contributed by atoms with Crippen molar-refractivity contribution in [3.63, 3.8) is 0 Å². The van der Waals surface area contributed by atoms with Crippen LogP contribution in [0.5, 0.6) is 11.5 Å². The van der Waals surface area contributed by atoms with Crippen molar-refractivity contribution in [2.45, 2.75) is 6.54 Å². The minimum absolute atomic E-state index is 0.233. The second kappa shape index (κ2) is 10.2. The van der Waals surface area contributed by atoms with E-state index in [1.54, 1.807) is 67.0 Å². The van der Waals surface area contributed by atoms with E-state index in [0.717, 1.165) is 5.56 Å². The van der Waals surface area contributed by atoms with Crippen LogP contribution in [0.3, 0.4) is 0 Å². The van der Waals surface area contributed by atoms with E-state index in [4.69, 9.17) is 4.74 Å². The Morgan fingerprint density at radius 2 is 1.55 bits per heavy atom. The third-order valence-electron chi connectivity index (χ3n) is 4.73. The fraction of sp³-hybridized carbons (Fsp3) is 0.0385. The topological polar surface area (TPSA) is 80.3 Å². The van der Waals surface area contributed by atoms with Crippen LogP contribution in [-0.4, -0.2) is 16.8 Å². The summed E-state index contributed by atoms with van der Waals surface area (Å²) in [4.78, 5) is 28.8. The van der Waals surface area contributed by atoms with Crippen LogP contribution < -0.4 is 15.4 Å². The molecule has 0 aliphatic carbocycles. The van der Waals surface area contributed by atoms with Gasteiger partial charge in [-0.2, -0.15) is 0 Å². The maximum atomic E-state index is 13.0. The second-order valence-electron chi connectivity index (χ2n) is 7.16. The summed E-state index contributed by atoms with van der Waals surface area (Å²) in [6.45, 7) is 0.285. The highest BCUT2D eigenvalue weighted by atomic mass is 19.1. The Bertz CT molecular complexity index is 1240. The Morgan fingerprint density at radius 1 is 0.818 bits per heavy atom. The van der Waals surface area contributed by atoms with E-state index in [1.807, 2.05) is 6.07 Å². The summed E-state index contributed by atoms with van der Waals surface area (Å²) < 4.78 is 18.7. The van der Waals surface area contributed by atoms with Crippen LogP contribution in [0.4, 0.5) is 10.1 Å². The molecular formula is C26H20FN3O3. The van der Waals surface area contributed by atoms with Crippen molar-refractivity contribution in [1.29, 1.82) is 0 Å². The standard InChI is InChI=1S/C26H20FN3O3/c27-21-10-6-20(7-11-21)26(32)30-22-4-1-3-18(15-22)16-29-25(31)19-8-12-23(13-9-19)33-24-5-2-14-28-17-24/h1-15,17H,16H2,(H,29,31)(H,30,32). The summed E-state index contributed by atoms with van der Waals surface area (Å²) in [5, 5.41) is 5.63. The molecule has 2 N–H and O–H groups in total. The lowest BCUT2D eigenvalue weighted by molar-refractivity contribution is 0.0950. The molecule has 33 heavy (non-hydrogen) atoms. The molecule has 0 saturated heterocycles. The van der Waals surface area contributed by atoms with E-state index in [2.05, 4.69) is 15.6 Å². The lowest BCUT2D eigenvalue weighted by atomic mass is 10.1. The van der Waals surface area contributed by atoms with Gasteiger partial charge >= 0.3 is 0 Å². The van der Waals surface area contributed by atoms with Gasteiger partial charge in [-0.15, -0.1) is 0 Å². The second-order valence-corrected chi connectivity index (χ2v) is 7.16. The van der Waals surface area contributed by atoms with Gasteiger partial charge in [0.25, 0.3) is 11.8 Å². The highest BCUT2D eigenvalue weighted by Gasteiger charge is 2.09. The summed E-state index contributed by atoms with van der Waals surface area (Å²) in [5.41, 5.74) is 2.24. The molecule has 1 aromatic heterocycles. The van der Waals surface area contributed by atoms with Crippen LogP contribution in [0.1, 0.15) is 26.3 Å². The molecule has 0 unspecified atom stereocenters. The molecule has 2 amide bonds. The molecule has 0 bridgehead atoms. The summed E-state index contributed by atoms with van der Waals surface area (Å²) in [6.07, 6.45) is 3.27. The predicted molar refractivity (Wildman–Crippen MR) is 123 cm³/mol. The highest BCUT2D eigenvalue weighted by molar-refractivity contribution is 6.04. The summed E-state index contributed by atoms with van der Waals surface area (Å²) in [6, 6.07) is 22.8. The molecule has 0 saturated carbocycles. The molecule has 7 heteroatoms. The van der Waals surface area contributed by atoms with Crippen LogP contribution in [0, 0.1) is 5.82 Å². The molecule has 4 rings (SSSR count). The highest BCUT2D eigenvalue weighted by Crippen LogP contribution is 2.20. The number of carbonyl (C=O) groups is 2. The zero-order chi connectivity index (χ0) is 23.0. The fourth-order valence-corrected chi connectivity index (χ4v) is 3.07. The van der Waals surface area contributed by atoms with Crippen LogP contribution in [-0.2, 0) is 6.54 Å². The monoisotopic (exact) mass is 441 g/mol. The largest absolute Gasteiger partial charge is 0.456 e. The molecule has 6 nitrogen and oxygen atoms in total. The van der Waals surface area contributed by atoms with E-state index in [0.29, 0.717) is 28.3 Å². The number of aromatic nitrogens is 1. The quantitative estimate of drug-likeness (QED) is 0.413. The number of amides is 2. The Hall–Kier alpha value is -4.52. The number of benzene rings is 3. The van der Waals surface area contributed by atoms with Gasteiger partial charge in [0.1, 0.15) is 17.3 Å². The Labute approximate surface area is 190 Å². The minimum Gasteiger partial charge on any atom is -0.456 e. The van der Waals surface area contributed by atoms with Gasteiger partial charge in [0.15, 0.2) is 0 Å². The van der Waals surface area contributed by atoms with Crippen molar-refractivity contribution in [3.05, 3.63) is 120 Å². The van der Waals surface area contributed by atoms with E-state index in [-0.39, 0.29) is 18.4 Å². The number of hydrogen-bond donors (Lipinski definition) is 2. The maximum Gasteiger partial charge on any atom is 0.255 e. The van der Waals surface area contributed by atoms with Crippen LogP contribution in [0.2, 0.25) is 0 Å². The lowest BCUT2D eigenvalue weighted by Crippen LogP contribution is -2.22. The van der Waals surface area contributed by atoms with Gasteiger partial charge in [-0.3, -0.25) is 14.6 Å². The normalized spacial score (nSPS) is 10.3. The number of ether oxygens (including phenoxy) is 1.